The smallest absolute Gasteiger partial charge is 0.319 e. The van der Waals surface area contributed by atoms with Crippen molar-refractivity contribution in [1.29, 1.82) is 0 Å². The van der Waals surface area contributed by atoms with Crippen molar-refractivity contribution < 1.29 is 17.6 Å². The summed E-state index contributed by atoms with van der Waals surface area (Å²) in [5.74, 6) is -0.799. The van der Waals surface area contributed by atoms with E-state index in [1.165, 1.54) is 10.9 Å². The Labute approximate surface area is 123 Å². The zero-order chi connectivity index (χ0) is 15.8. The molecule has 2 aromatic rings. The molecule has 1 unspecified atom stereocenters. The lowest BCUT2D eigenvalue weighted by Gasteiger charge is -2.19. The molecule has 0 amide bonds. The van der Waals surface area contributed by atoms with Crippen LogP contribution < -0.4 is 5.73 Å². The topological polar surface area (TPSA) is 43.8 Å². The molecule has 1 atom stereocenters. The van der Waals surface area contributed by atoms with Crippen molar-refractivity contribution in [3.8, 4) is 0 Å². The average molecular weight is 322 g/mol. The van der Waals surface area contributed by atoms with E-state index in [9.17, 15) is 17.6 Å². The van der Waals surface area contributed by atoms with Crippen LogP contribution in [0.5, 0.6) is 0 Å². The molecule has 2 rings (SSSR count). The first kappa shape index (κ1) is 15.8. The SMILES string of the molecule is CCn1ncc(Cl)c1C(N)c1cc(F)ccc1C(F)(F)F. The van der Waals surface area contributed by atoms with Gasteiger partial charge in [0.15, 0.2) is 0 Å². The molecule has 0 aliphatic carbocycles. The molecular weight excluding hydrogens is 310 g/mol. The summed E-state index contributed by atoms with van der Waals surface area (Å²) in [5.41, 5.74) is 4.75. The number of nitrogens with zero attached hydrogens (tertiary/aromatic N) is 2. The van der Waals surface area contributed by atoms with Crippen LogP contribution >= 0.6 is 11.6 Å². The van der Waals surface area contributed by atoms with Gasteiger partial charge in [0, 0.05) is 6.54 Å². The van der Waals surface area contributed by atoms with Gasteiger partial charge in [-0.25, -0.2) is 4.39 Å². The summed E-state index contributed by atoms with van der Waals surface area (Å²) < 4.78 is 53.8. The van der Waals surface area contributed by atoms with Gasteiger partial charge in [0.1, 0.15) is 5.82 Å². The molecule has 0 aliphatic rings. The van der Waals surface area contributed by atoms with Gasteiger partial charge in [-0.05, 0) is 30.7 Å². The minimum absolute atomic E-state index is 0.140. The minimum atomic E-state index is -4.63. The van der Waals surface area contributed by atoms with E-state index in [-0.39, 0.29) is 16.3 Å². The highest BCUT2D eigenvalue weighted by molar-refractivity contribution is 6.31. The number of nitrogens with two attached hydrogens (primary N) is 1. The normalized spacial score (nSPS) is 13.5. The third kappa shape index (κ3) is 3.03. The molecule has 1 aromatic carbocycles. The van der Waals surface area contributed by atoms with Gasteiger partial charge >= 0.3 is 6.18 Å². The summed E-state index contributed by atoms with van der Waals surface area (Å²) in [5, 5.41) is 4.07. The van der Waals surface area contributed by atoms with Gasteiger partial charge in [-0.2, -0.15) is 18.3 Å². The molecule has 3 nitrogen and oxygen atoms in total. The number of alkyl halides is 3. The van der Waals surface area contributed by atoms with Gasteiger partial charge in [-0.3, -0.25) is 4.68 Å². The van der Waals surface area contributed by atoms with E-state index in [4.69, 9.17) is 17.3 Å². The van der Waals surface area contributed by atoms with Crippen LogP contribution in [-0.2, 0) is 12.7 Å². The fourth-order valence-electron chi connectivity index (χ4n) is 2.13. The Bertz CT molecular complexity index is 651. The Kier molecular flexibility index (Phi) is 4.25. The zero-order valence-corrected chi connectivity index (χ0v) is 11.7. The van der Waals surface area contributed by atoms with Gasteiger partial charge in [0.05, 0.1) is 28.5 Å². The Morgan fingerprint density at radius 2 is 2.05 bits per heavy atom. The molecule has 0 saturated heterocycles. The third-order valence-electron chi connectivity index (χ3n) is 3.08. The number of halogens is 5. The Balaban J connectivity index is 2.60. The van der Waals surface area contributed by atoms with E-state index in [1.54, 1.807) is 6.92 Å². The summed E-state index contributed by atoms with van der Waals surface area (Å²) in [6, 6.07) is 0.965. The van der Waals surface area contributed by atoms with Crippen LogP contribution in [0.4, 0.5) is 17.6 Å². The van der Waals surface area contributed by atoms with Gasteiger partial charge in [-0.15, -0.1) is 0 Å². The maximum Gasteiger partial charge on any atom is 0.416 e. The van der Waals surface area contributed by atoms with E-state index in [0.717, 1.165) is 12.1 Å². The quantitative estimate of drug-likeness (QED) is 0.875. The first-order valence-corrected chi connectivity index (χ1v) is 6.47. The minimum Gasteiger partial charge on any atom is -0.319 e. The van der Waals surface area contributed by atoms with Crippen LogP contribution in [0.15, 0.2) is 24.4 Å². The van der Waals surface area contributed by atoms with E-state index < -0.39 is 23.6 Å². The van der Waals surface area contributed by atoms with Crippen LogP contribution in [0.1, 0.15) is 29.8 Å². The van der Waals surface area contributed by atoms with Crippen molar-refractivity contribution in [2.24, 2.45) is 5.73 Å². The lowest BCUT2D eigenvalue weighted by atomic mass is 9.98. The lowest BCUT2D eigenvalue weighted by Crippen LogP contribution is -2.22. The fraction of sp³-hybridized carbons (Fsp3) is 0.308. The first-order valence-electron chi connectivity index (χ1n) is 6.09. The molecule has 1 aromatic heterocycles. The van der Waals surface area contributed by atoms with Gasteiger partial charge < -0.3 is 5.73 Å². The number of hydrogen-bond acceptors (Lipinski definition) is 2. The van der Waals surface area contributed by atoms with E-state index in [1.807, 2.05) is 0 Å². The van der Waals surface area contributed by atoms with Crippen molar-refractivity contribution in [3.63, 3.8) is 0 Å². The molecule has 0 bridgehead atoms. The average Bonchev–Trinajstić information content (AvgIpc) is 2.77. The molecule has 0 aliphatic heterocycles. The molecule has 1 heterocycles. The first-order chi connectivity index (χ1) is 9.75. The van der Waals surface area contributed by atoms with Gasteiger partial charge in [-0.1, -0.05) is 11.6 Å². The number of aromatic nitrogens is 2. The predicted molar refractivity (Wildman–Crippen MR) is 70.3 cm³/mol. The lowest BCUT2D eigenvalue weighted by molar-refractivity contribution is -0.138. The molecule has 21 heavy (non-hydrogen) atoms. The third-order valence-corrected chi connectivity index (χ3v) is 3.37. The second-order valence-corrected chi connectivity index (χ2v) is 4.81. The highest BCUT2D eigenvalue weighted by atomic mass is 35.5. The second-order valence-electron chi connectivity index (χ2n) is 4.40. The van der Waals surface area contributed by atoms with E-state index in [2.05, 4.69) is 5.10 Å². The van der Waals surface area contributed by atoms with Crippen molar-refractivity contribution in [3.05, 3.63) is 52.1 Å². The van der Waals surface area contributed by atoms with Crippen LogP contribution in [0.3, 0.4) is 0 Å². The maximum atomic E-state index is 13.3. The Morgan fingerprint density at radius 3 is 2.62 bits per heavy atom. The fourth-order valence-corrected chi connectivity index (χ4v) is 2.39. The molecule has 2 N–H and O–H groups in total. The highest BCUT2D eigenvalue weighted by Crippen LogP contribution is 2.37. The number of aryl methyl sites for hydroxylation is 1. The Hall–Kier alpha value is -1.60. The van der Waals surface area contributed by atoms with Crippen LogP contribution in [0.25, 0.3) is 0 Å². The van der Waals surface area contributed by atoms with Crippen LogP contribution in [0, 0.1) is 5.82 Å². The number of hydrogen-bond donors (Lipinski definition) is 1. The number of rotatable bonds is 3. The monoisotopic (exact) mass is 321 g/mol. The zero-order valence-electron chi connectivity index (χ0n) is 11.0. The predicted octanol–water partition coefficient (Wildman–Crippen LogP) is 3.76. The summed E-state index contributed by atoms with van der Waals surface area (Å²) >= 11 is 5.94. The summed E-state index contributed by atoms with van der Waals surface area (Å²) in [6.07, 6.45) is -3.34. The molecular formula is C13H12ClF4N3. The molecule has 0 spiro atoms. The molecule has 0 radical (unpaired) electrons. The summed E-state index contributed by atoms with van der Waals surface area (Å²) in [6.45, 7) is 2.13. The largest absolute Gasteiger partial charge is 0.416 e. The second kappa shape index (κ2) is 5.65. The Morgan fingerprint density at radius 1 is 1.38 bits per heavy atom. The molecule has 8 heteroatoms. The highest BCUT2D eigenvalue weighted by Gasteiger charge is 2.36. The van der Waals surface area contributed by atoms with Crippen molar-refractivity contribution in [1.82, 2.24) is 9.78 Å². The standard InChI is InChI=1S/C13H12ClF4N3/c1-2-21-12(10(14)6-20-21)11(19)8-5-7(15)3-4-9(8)13(16,17)18/h3-6,11H,2,19H2,1H3. The van der Waals surface area contributed by atoms with Gasteiger partial charge in [0.25, 0.3) is 0 Å². The number of benzene rings is 1. The van der Waals surface area contributed by atoms with Crippen LogP contribution in [-0.4, -0.2) is 9.78 Å². The maximum absolute atomic E-state index is 13.3. The molecule has 0 fully saturated rings. The van der Waals surface area contributed by atoms with Crippen molar-refractivity contribution in [2.45, 2.75) is 25.7 Å². The summed E-state index contributed by atoms with van der Waals surface area (Å²) in [4.78, 5) is 0. The van der Waals surface area contributed by atoms with Crippen molar-refractivity contribution in [2.75, 3.05) is 0 Å². The molecule has 114 valence electrons. The molecule has 0 saturated carbocycles. The van der Waals surface area contributed by atoms with Crippen molar-refractivity contribution >= 4 is 11.6 Å². The van der Waals surface area contributed by atoms with Gasteiger partial charge in [0.2, 0.25) is 0 Å². The van der Waals surface area contributed by atoms with E-state index >= 15 is 0 Å². The summed E-state index contributed by atoms with van der Waals surface area (Å²) in [7, 11) is 0. The van der Waals surface area contributed by atoms with E-state index in [0.29, 0.717) is 12.6 Å². The van der Waals surface area contributed by atoms with Crippen LogP contribution in [0.2, 0.25) is 5.02 Å².